The molecule has 0 rings (SSSR count). The molecular formula is C7H16ClNO2S. The zero-order valence-electron chi connectivity index (χ0n) is 7.67. The summed E-state index contributed by atoms with van der Waals surface area (Å²) in [6.45, 7) is 0. The lowest BCUT2D eigenvalue weighted by atomic mass is 10.2. The highest BCUT2D eigenvalue weighted by atomic mass is 35.5. The van der Waals surface area contributed by atoms with Crippen molar-refractivity contribution in [1.82, 2.24) is 0 Å². The molecule has 0 aliphatic heterocycles. The van der Waals surface area contributed by atoms with E-state index < -0.39 is 6.04 Å². The molecule has 0 unspecified atom stereocenters. The molecule has 0 aromatic carbocycles. The summed E-state index contributed by atoms with van der Waals surface area (Å²) in [6.07, 6.45) is 4.14. The van der Waals surface area contributed by atoms with E-state index in [1.807, 2.05) is 6.26 Å². The smallest absolute Gasteiger partial charge is 0.322 e. The van der Waals surface area contributed by atoms with Gasteiger partial charge >= 0.3 is 5.97 Å². The third-order valence-corrected chi connectivity index (χ3v) is 1.78. The van der Waals surface area contributed by atoms with Crippen molar-refractivity contribution in [2.75, 3.05) is 25.5 Å². The van der Waals surface area contributed by atoms with Crippen LogP contribution in [0.1, 0.15) is 6.42 Å². The fourth-order valence-corrected chi connectivity index (χ4v) is 1.00. The summed E-state index contributed by atoms with van der Waals surface area (Å²) in [7, 11) is 1.35. The van der Waals surface area contributed by atoms with Gasteiger partial charge in [0.15, 0.2) is 0 Å². The maximum atomic E-state index is 10.7. The third kappa shape index (κ3) is 8.17. The van der Waals surface area contributed by atoms with Crippen molar-refractivity contribution in [1.29, 1.82) is 0 Å². The highest BCUT2D eigenvalue weighted by Crippen LogP contribution is 1.99. The summed E-state index contributed by atoms with van der Waals surface area (Å²) in [4.78, 5) is 10.7. The second-order valence-electron chi connectivity index (χ2n) is 1.91. The van der Waals surface area contributed by atoms with Crippen LogP contribution in [0.5, 0.6) is 0 Å². The van der Waals surface area contributed by atoms with E-state index in [0.29, 0.717) is 6.42 Å². The predicted octanol–water partition coefficient (Wildman–Crippen LogP) is 1.09. The van der Waals surface area contributed by atoms with E-state index in [1.165, 1.54) is 13.5 Å². The number of hydrogen-bond donors (Lipinski definition) is 1. The number of alkyl halides is 1. The molecule has 3 nitrogen and oxygen atoms in total. The van der Waals surface area contributed by atoms with Crippen LogP contribution in [0.3, 0.4) is 0 Å². The molecule has 12 heavy (non-hydrogen) atoms. The molecule has 0 fully saturated rings. The van der Waals surface area contributed by atoms with Crippen molar-refractivity contribution in [2.45, 2.75) is 12.5 Å². The molecule has 1 atom stereocenters. The fourth-order valence-electron chi connectivity index (χ4n) is 0.514. The van der Waals surface area contributed by atoms with Gasteiger partial charge in [-0.2, -0.15) is 11.8 Å². The fraction of sp³-hybridized carbons (Fsp3) is 0.857. The molecular weight excluding hydrogens is 198 g/mol. The Hall–Kier alpha value is 0.0700. The molecule has 0 aromatic heterocycles. The molecule has 0 aliphatic carbocycles. The SMILES string of the molecule is CCl.COC(=O)[C@@H](N)CCSC. The van der Waals surface area contributed by atoms with Gasteiger partial charge in [-0.3, -0.25) is 4.79 Å². The van der Waals surface area contributed by atoms with Gasteiger partial charge in [0.25, 0.3) is 0 Å². The maximum Gasteiger partial charge on any atom is 0.322 e. The first-order valence-corrected chi connectivity index (χ1v) is 5.57. The van der Waals surface area contributed by atoms with Crippen LogP contribution in [-0.2, 0) is 9.53 Å². The van der Waals surface area contributed by atoms with Crippen molar-refractivity contribution in [2.24, 2.45) is 5.73 Å². The van der Waals surface area contributed by atoms with Gasteiger partial charge in [-0.05, 0) is 18.4 Å². The third-order valence-electron chi connectivity index (χ3n) is 1.14. The van der Waals surface area contributed by atoms with E-state index in [1.54, 1.807) is 11.8 Å². The minimum absolute atomic E-state index is 0.325. The predicted molar refractivity (Wildman–Crippen MR) is 54.8 cm³/mol. The average Bonchev–Trinajstić information content (AvgIpc) is 2.16. The van der Waals surface area contributed by atoms with Crippen molar-refractivity contribution < 1.29 is 9.53 Å². The Kier molecular flexibility index (Phi) is 13.5. The van der Waals surface area contributed by atoms with Crippen LogP contribution < -0.4 is 5.73 Å². The first-order valence-electron chi connectivity index (χ1n) is 3.42. The monoisotopic (exact) mass is 213 g/mol. The number of rotatable bonds is 4. The van der Waals surface area contributed by atoms with E-state index in [4.69, 9.17) is 5.73 Å². The number of halogens is 1. The largest absolute Gasteiger partial charge is 0.468 e. The van der Waals surface area contributed by atoms with Crippen LogP contribution in [0.4, 0.5) is 0 Å². The Morgan fingerprint density at radius 3 is 2.50 bits per heavy atom. The molecule has 0 aromatic rings. The van der Waals surface area contributed by atoms with Crippen LogP contribution in [-0.4, -0.2) is 37.5 Å². The van der Waals surface area contributed by atoms with Crippen LogP contribution in [0.15, 0.2) is 0 Å². The molecule has 0 amide bonds. The van der Waals surface area contributed by atoms with Gasteiger partial charge in [-0.15, -0.1) is 11.6 Å². The van der Waals surface area contributed by atoms with Crippen molar-refractivity contribution in [3.8, 4) is 0 Å². The zero-order valence-corrected chi connectivity index (χ0v) is 9.24. The van der Waals surface area contributed by atoms with Crippen molar-refractivity contribution >= 4 is 29.3 Å². The number of thioether (sulfide) groups is 1. The maximum absolute atomic E-state index is 10.7. The Balaban J connectivity index is 0. The number of methoxy groups -OCH3 is 1. The summed E-state index contributed by atoms with van der Waals surface area (Å²) in [5.41, 5.74) is 5.43. The van der Waals surface area contributed by atoms with Gasteiger partial charge in [0.1, 0.15) is 6.04 Å². The van der Waals surface area contributed by atoms with Crippen molar-refractivity contribution in [3.05, 3.63) is 0 Å². The Bertz CT molecular complexity index is 114. The molecule has 74 valence electrons. The Morgan fingerprint density at radius 1 is 1.67 bits per heavy atom. The molecule has 0 aliphatic rings. The number of carbonyl (C=O) groups is 1. The van der Waals surface area contributed by atoms with Gasteiger partial charge in [-0.25, -0.2) is 0 Å². The molecule has 0 heterocycles. The minimum Gasteiger partial charge on any atom is -0.468 e. The Morgan fingerprint density at radius 2 is 2.17 bits per heavy atom. The number of nitrogens with two attached hydrogens (primary N) is 1. The molecule has 2 N–H and O–H groups in total. The molecule has 0 saturated heterocycles. The summed E-state index contributed by atoms with van der Waals surface area (Å²) in [5, 5.41) is 0. The summed E-state index contributed by atoms with van der Waals surface area (Å²) < 4.78 is 4.44. The number of esters is 1. The molecule has 0 spiro atoms. The zero-order chi connectivity index (χ0) is 9.98. The van der Waals surface area contributed by atoms with E-state index in [9.17, 15) is 4.79 Å². The van der Waals surface area contributed by atoms with Crippen molar-refractivity contribution in [3.63, 3.8) is 0 Å². The number of ether oxygens (including phenoxy) is 1. The molecule has 0 bridgehead atoms. The second kappa shape index (κ2) is 11.1. The van der Waals surface area contributed by atoms with Crippen LogP contribution in [0.25, 0.3) is 0 Å². The lowest BCUT2D eigenvalue weighted by Crippen LogP contribution is -2.31. The molecule has 0 saturated carbocycles. The number of hydrogen-bond acceptors (Lipinski definition) is 4. The van der Waals surface area contributed by atoms with E-state index in [0.717, 1.165) is 5.75 Å². The summed E-state index contributed by atoms with van der Waals surface area (Å²) in [6, 6.07) is -0.447. The van der Waals surface area contributed by atoms with E-state index in [2.05, 4.69) is 16.3 Å². The van der Waals surface area contributed by atoms with Crippen LogP contribution >= 0.6 is 23.4 Å². The highest BCUT2D eigenvalue weighted by molar-refractivity contribution is 7.98. The van der Waals surface area contributed by atoms with Gasteiger partial charge < -0.3 is 10.5 Å². The van der Waals surface area contributed by atoms with Gasteiger partial charge in [0, 0.05) is 6.38 Å². The van der Waals surface area contributed by atoms with E-state index in [-0.39, 0.29) is 5.97 Å². The summed E-state index contributed by atoms with van der Waals surface area (Å²) >= 11 is 6.31. The molecule has 5 heteroatoms. The minimum atomic E-state index is -0.447. The van der Waals surface area contributed by atoms with Crippen LogP contribution in [0.2, 0.25) is 0 Å². The highest BCUT2D eigenvalue weighted by Gasteiger charge is 2.11. The van der Waals surface area contributed by atoms with Gasteiger partial charge in [0.05, 0.1) is 7.11 Å². The topological polar surface area (TPSA) is 52.3 Å². The average molecular weight is 214 g/mol. The standard InChI is InChI=1S/C6H13NO2S.CH3Cl/c1-9-6(8)5(7)3-4-10-2;1-2/h5H,3-4,7H2,1-2H3;1H3/t5-;/m0./s1. The molecule has 0 radical (unpaired) electrons. The lowest BCUT2D eigenvalue weighted by molar-refractivity contribution is -0.142. The van der Waals surface area contributed by atoms with Crippen LogP contribution in [0, 0.1) is 0 Å². The second-order valence-corrected chi connectivity index (χ2v) is 2.90. The quantitative estimate of drug-likeness (QED) is 0.561. The van der Waals surface area contributed by atoms with Gasteiger partial charge in [-0.1, -0.05) is 0 Å². The summed E-state index contributed by atoms with van der Waals surface area (Å²) in [5.74, 6) is 0.574. The first-order chi connectivity index (χ1) is 5.72. The Labute approximate surface area is 83.0 Å². The van der Waals surface area contributed by atoms with Gasteiger partial charge in [0.2, 0.25) is 0 Å². The normalized spacial score (nSPS) is 11.1. The number of carbonyl (C=O) groups excluding carboxylic acids is 1. The first kappa shape index (κ1) is 14.6. The van der Waals surface area contributed by atoms with E-state index >= 15 is 0 Å². The lowest BCUT2D eigenvalue weighted by Gasteiger charge is -2.06.